The third kappa shape index (κ3) is 51.4. The first-order valence-electron chi connectivity index (χ1n) is 29.9. The van der Waals surface area contributed by atoms with Crippen LogP contribution in [-0.4, -0.2) is 46.9 Å². The van der Waals surface area contributed by atoms with E-state index in [2.05, 4.69) is 111 Å². The van der Waals surface area contributed by atoms with Crippen molar-refractivity contribution in [3.05, 3.63) is 85.1 Å². The molecule has 0 aromatic carbocycles. The Labute approximate surface area is 433 Å². The molecule has 0 aliphatic heterocycles. The largest absolute Gasteiger partial charge is 0.462 e. The molecule has 0 aliphatic carbocycles. The van der Waals surface area contributed by atoms with E-state index in [1.165, 1.54) is 141 Å². The van der Waals surface area contributed by atoms with Crippen LogP contribution in [-0.2, 0) is 14.3 Å². The molecule has 3 unspecified atom stereocenters. The van der Waals surface area contributed by atoms with Gasteiger partial charge in [-0.25, -0.2) is 0 Å². The molecule has 0 rings (SSSR count). The maximum Gasteiger partial charge on any atom is 0.306 e. The first-order valence-corrected chi connectivity index (χ1v) is 29.9. The van der Waals surface area contributed by atoms with Gasteiger partial charge in [-0.3, -0.25) is 9.59 Å². The number of carbonyl (C=O) groups is 2. The number of ether oxygens (including phenoxy) is 1. The van der Waals surface area contributed by atoms with Gasteiger partial charge >= 0.3 is 5.97 Å². The predicted molar refractivity (Wildman–Crippen MR) is 305 cm³/mol. The van der Waals surface area contributed by atoms with Crippen LogP contribution in [0.3, 0.4) is 0 Å². The van der Waals surface area contributed by atoms with E-state index in [4.69, 9.17) is 4.74 Å². The van der Waals surface area contributed by atoms with Crippen molar-refractivity contribution >= 4 is 11.9 Å². The maximum absolute atomic E-state index is 13.3. The minimum atomic E-state index is -0.807. The van der Waals surface area contributed by atoms with E-state index >= 15 is 0 Å². The topological polar surface area (TPSA) is 95.9 Å². The number of nitrogens with one attached hydrogen (secondary N) is 1. The molecule has 1 amide bonds. The third-order valence-electron chi connectivity index (χ3n) is 13.4. The van der Waals surface area contributed by atoms with Crippen LogP contribution in [0.2, 0.25) is 0 Å². The van der Waals surface area contributed by atoms with Crippen molar-refractivity contribution in [3.63, 3.8) is 0 Å². The second-order valence-electron chi connectivity index (χ2n) is 20.2. The molecule has 0 saturated carbocycles. The Balaban J connectivity index is 4.66. The molecule has 0 radical (unpaired) electrons. The smallest absolute Gasteiger partial charge is 0.306 e. The van der Waals surface area contributed by atoms with E-state index in [1.807, 2.05) is 0 Å². The van der Waals surface area contributed by atoms with E-state index in [9.17, 15) is 19.8 Å². The monoisotopic (exact) mass is 976 g/mol. The molecular weight excluding hydrogens is 863 g/mol. The molecule has 70 heavy (non-hydrogen) atoms. The van der Waals surface area contributed by atoms with Gasteiger partial charge < -0.3 is 20.3 Å². The number of hydrogen-bond acceptors (Lipinski definition) is 5. The molecule has 6 nitrogen and oxygen atoms in total. The van der Waals surface area contributed by atoms with Gasteiger partial charge in [0, 0.05) is 6.42 Å². The number of esters is 1. The highest BCUT2D eigenvalue weighted by Crippen LogP contribution is 2.18. The number of rotatable bonds is 53. The fraction of sp³-hybridized carbons (Fsp3) is 0.750. The van der Waals surface area contributed by atoms with Crippen molar-refractivity contribution in [2.75, 3.05) is 6.61 Å². The molecule has 0 spiro atoms. The zero-order valence-electron chi connectivity index (χ0n) is 46.1. The molecule has 0 fully saturated rings. The highest BCUT2D eigenvalue weighted by Gasteiger charge is 2.24. The van der Waals surface area contributed by atoms with Crippen LogP contribution in [0.25, 0.3) is 0 Å². The number of aliphatic hydroxyl groups excluding tert-OH is 2. The van der Waals surface area contributed by atoms with Gasteiger partial charge in [0.2, 0.25) is 5.91 Å². The number of carbonyl (C=O) groups excluding carboxylic acids is 2. The van der Waals surface area contributed by atoms with E-state index < -0.39 is 18.2 Å². The zero-order chi connectivity index (χ0) is 50.9. The van der Waals surface area contributed by atoms with Gasteiger partial charge in [0.15, 0.2) is 0 Å². The fourth-order valence-electron chi connectivity index (χ4n) is 8.80. The van der Waals surface area contributed by atoms with Crippen molar-refractivity contribution in [2.45, 2.75) is 302 Å². The van der Waals surface area contributed by atoms with Crippen molar-refractivity contribution in [1.82, 2.24) is 5.32 Å². The van der Waals surface area contributed by atoms with E-state index in [-0.39, 0.29) is 24.9 Å². The molecule has 3 atom stereocenters. The van der Waals surface area contributed by atoms with Gasteiger partial charge in [-0.2, -0.15) is 0 Å². The first kappa shape index (κ1) is 67.0. The molecule has 0 aromatic heterocycles. The van der Waals surface area contributed by atoms with Crippen LogP contribution < -0.4 is 5.32 Å². The van der Waals surface area contributed by atoms with Crippen molar-refractivity contribution < 1.29 is 24.5 Å². The highest BCUT2D eigenvalue weighted by molar-refractivity contribution is 5.77. The van der Waals surface area contributed by atoms with Crippen LogP contribution in [0.4, 0.5) is 0 Å². The summed E-state index contributed by atoms with van der Waals surface area (Å²) in [6.45, 7) is 6.44. The van der Waals surface area contributed by atoms with Gasteiger partial charge in [0.05, 0.1) is 25.2 Å². The van der Waals surface area contributed by atoms with Crippen LogP contribution >= 0.6 is 0 Å². The number of hydrogen-bond donors (Lipinski definition) is 3. The minimum Gasteiger partial charge on any atom is -0.462 e. The van der Waals surface area contributed by atoms with E-state index in [0.29, 0.717) is 19.3 Å². The second kappa shape index (κ2) is 56.9. The summed E-state index contributed by atoms with van der Waals surface area (Å²) < 4.78 is 5.94. The number of amides is 1. The van der Waals surface area contributed by atoms with Gasteiger partial charge in [0.1, 0.15) is 6.10 Å². The van der Waals surface area contributed by atoms with Gasteiger partial charge in [-0.1, -0.05) is 279 Å². The predicted octanol–water partition coefficient (Wildman–Crippen LogP) is 18.7. The highest BCUT2D eigenvalue weighted by atomic mass is 16.5. The molecule has 6 heteroatoms. The Morgan fingerprint density at radius 1 is 0.414 bits per heavy atom. The minimum absolute atomic E-state index is 0.0419. The Hall–Kier alpha value is -2.96. The summed E-state index contributed by atoms with van der Waals surface area (Å²) in [6.07, 6.45) is 75.0. The summed E-state index contributed by atoms with van der Waals surface area (Å²) >= 11 is 0. The van der Waals surface area contributed by atoms with Gasteiger partial charge in [-0.05, 0) is 77.0 Å². The van der Waals surface area contributed by atoms with E-state index in [1.54, 1.807) is 0 Å². The lowest BCUT2D eigenvalue weighted by Gasteiger charge is -2.24. The summed E-state index contributed by atoms with van der Waals surface area (Å²) in [4.78, 5) is 26.3. The molecule has 0 aromatic rings. The first-order chi connectivity index (χ1) is 34.5. The zero-order valence-corrected chi connectivity index (χ0v) is 46.1. The summed E-state index contributed by atoms with van der Waals surface area (Å²) in [6, 6.07) is -0.724. The maximum atomic E-state index is 13.3. The average molecular weight is 977 g/mol. The second-order valence-corrected chi connectivity index (χ2v) is 20.2. The van der Waals surface area contributed by atoms with E-state index in [0.717, 1.165) is 96.3 Å². The lowest BCUT2D eigenvalue weighted by atomic mass is 10.0. The SMILES string of the molecule is CCCCC/C=C/C=C/C=C/C=C/CCCCCCCC(=O)OC(CCCCC/C=C/C=C/C=C/CCCCCCC)CC(=O)NC(CO)C(O)CCCCCCCCCCCCCCCCCCC. The standard InChI is InChI=1S/C64H113NO5/c1-4-7-10-13-16-19-22-25-28-31-33-36-39-42-45-48-51-54-57-64(69)70-60(55-52-49-46-43-40-37-34-30-27-24-21-18-15-12-9-6-3)58-63(68)65-61(59-66)62(67)56-53-50-47-44-41-38-35-32-29-26-23-20-17-14-11-8-5-2/h16,19,22,24-25,27-28,30-31,33-34,36-37,40,60-62,66-67H,4-15,17-18,20-21,23,26,29,32,35,38-39,41-59H2,1-3H3,(H,65,68)/b19-16+,25-22+,27-24+,31-28+,34-30+,36-33+,40-37+. The number of unbranched alkanes of at least 4 members (excludes halogenated alkanes) is 32. The van der Waals surface area contributed by atoms with Crippen LogP contribution in [0.1, 0.15) is 284 Å². The number of aliphatic hydroxyl groups is 2. The number of allylic oxidation sites excluding steroid dienone is 14. The van der Waals surface area contributed by atoms with Gasteiger partial charge in [0.25, 0.3) is 0 Å². The Kier molecular flexibility index (Phi) is 54.5. The lowest BCUT2D eigenvalue weighted by molar-refractivity contribution is -0.151. The summed E-state index contributed by atoms with van der Waals surface area (Å²) in [5.41, 5.74) is 0. The lowest BCUT2D eigenvalue weighted by Crippen LogP contribution is -2.46. The van der Waals surface area contributed by atoms with Crippen molar-refractivity contribution in [3.8, 4) is 0 Å². The fourth-order valence-corrected chi connectivity index (χ4v) is 8.80. The quantitative estimate of drug-likeness (QED) is 0.0321. The molecule has 0 bridgehead atoms. The van der Waals surface area contributed by atoms with Crippen LogP contribution in [0, 0.1) is 0 Å². The summed E-state index contributed by atoms with van der Waals surface area (Å²) in [5, 5.41) is 23.9. The van der Waals surface area contributed by atoms with Crippen molar-refractivity contribution in [1.29, 1.82) is 0 Å². The Morgan fingerprint density at radius 3 is 1.14 bits per heavy atom. The van der Waals surface area contributed by atoms with Gasteiger partial charge in [-0.15, -0.1) is 0 Å². The third-order valence-corrected chi connectivity index (χ3v) is 13.4. The van der Waals surface area contributed by atoms with Crippen LogP contribution in [0.5, 0.6) is 0 Å². The molecule has 0 aliphatic rings. The molecule has 0 heterocycles. The van der Waals surface area contributed by atoms with Crippen LogP contribution in [0.15, 0.2) is 85.1 Å². The summed E-state index contributed by atoms with van der Waals surface area (Å²) in [5.74, 6) is -0.531. The summed E-state index contributed by atoms with van der Waals surface area (Å²) in [7, 11) is 0. The average Bonchev–Trinajstić information content (AvgIpc) is 3.35. The Morgan fingerprint density at radius 2 is 0.729 bits per heavy atom. The Bertz CT molecular complexity index is 1330. The normalized spacial score (nSPS) is 13.7. The molecule has 0 saturated heterocycles. The molecule has 404 valence electrons. The molecule has 3 N–H and O–H groups in total. The van der Waals surface area contributed by atoms with Crippen molar-refractivity contribution in [2.24, 2.45) is 0 Å². The molecular formula is C64H113NO5.